The van der Waals surface area contributed by atoms with Crippen LogP contribution in [0.4, 0.5) is 26.0 Å². The number of hydrogen-bond acceptors (Lipinski definition) is 6. The highest BCUT2D eigenvalue weighted by Gasteiger charge is 2.38. The molecule has 1 fully saturated rings. The maximum Gasteiger partial charge on any atom is 0.258 e. The largest absolute Gasteiger partial charge is 0.378 e. The number of hydrogen-bond donors (Lipinski definition) is 3. The van der Waals surface area contributed by atoms with E-state index in [1.807, 2.05) is 44.8 Å². The van der Waals surface area contributed by atoms with E-state index in [2.05, 4.69) is 20.8 Å². The number of carbonyl (C=O) groups excluding carboxylic acids is 2. The third-order valence-corrected chi connectivity index (χ3v) is 9.17. The number of nitrogens with zero attached hydrogens (tertiary/aromatic N) is 4. The summed E-state index contributed by atoms with van der Waals surface area (Å²) in [5.41, 5.74) is 2.27. The van der Waals surface area contributed by atoms with Gasteiger partial charge in [-0.25, -0.2) is 17.3 Å². The molecular formula is C29H35F2N7O3S. The van der Waals surface area contributed by atoms with Crippen molar-refractivity contribution in [2.45, 2.75) is 49.6 Å². The Hall–Kier alpha value is -3.68. The Morgan fingerprint density at radius 2 is 1.83 bits per heavy atom. The normalized spacial score (nSPS) is 19.3. The number of likely N-dealkylation sites (N-methyl/N-ethyl adjacent to an activating group) is 1. The number of likely N-dealkylation sites (tertiary alicyclic amines) is 1. The van der Waals surface area contributed by atoms with Crippen LogP contribution in [0, 0.1) is 11.6 Å². The fraction of sp³-hybridized carbons (Fsp3) is 0.414. The third-order valence-electron chi connectivity index (χ3n) is 7.80. The lowest BCUT2D eigenvalue weighted by molar-refractivity contribution is -0.119. The highest BCUT2D eigenvalue weighted by molar-refractivity contribution is 7.82. The molecule has 0 spiro atoms. The van der Waals surface area contributed by atoms with Gasteiger partial charge in [-0.2, -0.15) is 5.10 Å². The number of anilines is 3. The van der Waals surface area contributed by atoms with Gasteiger partial charge in [0, 0.05) is 55.6 Å². The van der Waals surface area contributed by atoms with Gasteiger partial charge in [-0.05, 0) is 56.8 Å². The monoisotopic (exact) mass is 599 g/mol. The smallest absolute Gasteiger partial charge is 0.258 e. The van der Waals surface area contributed by atoms with Crippen molar-refractivity contribution < 1.29 is 22.6 Å². The van der Waals surface area contributed by atoms with Crippen molar-refractivity contribution in [3.63, 3.8) is 0 Å². The zero-order chi connectivity index (χ0) is 30.3. The van der Waals surface area contributed by atoms with Crippen molar-refractivity contribution in [1.29, 1.82) is 0 Å². The topological polar surface area (TPSA) is 114 Å². The van der Waals surface area contributed by atoms with Crippen LogP contribution in [0.5, 0.6) is 0 Å². The van der Waals surface area contributed by atoms with Gasteiger partial charge < -0.3 is 15.5 Å². The van der Waals surface area contributed by atoms with Gasteiger partial charge in [0.15, 0.2) is 5.82 Å². The van der Waals surface area contributed by atoms with E-state index in [0.29, 0.717) is 17.8 Å². The number of aromatic amines is 1. The predicted molar refractivity (Wildman–Crippen MR) is 158 cm³/mol. The molecule has 2 aliphatic heterocycles. The summed E-state index contributed by atoms with van der Waals surface area (Å²) in [4.78, 5) is 30.7. The molecule has 3 heterocycles. The number of nitrogens with one attached hydrogen (secondary N) is 3. The maximum absolute atomic E-state index is 13.9. The lowest BCUT2D eigenvalue weighted by Gasteiger charge is -2.36. The molecule has 1 saturated heterocycles. The number of benzene rings is 2. The Labute approximate surface area is 246 Å². The predicted octanol–water partition coefficient (Wildman–Crippen LogP) is 3.85. The molecule has 2 aliphatic rings. The standard InChI is InChI=1S/C29H35F2N7O3S/c1-29(2)16-38(42(41)20-12-17(30)11-18(31)13-20)15-22-25(29)34-35-26(22)33-27(39)21-9-8-19(36(3)4)14-23(21)32-28(40)24-7-6-10-37(24)5/h8-9,11-14,24H,6-7,10,15-16H2,1-5H3,(H,32,40)(H2,33,34,35,39)/t24-,42?/m0/s1. The molecule has 5 rings (SSSR count). The van der Waals surface area contributed by atoms with Crippen LogP contribution in [0.1, 0.15) is 48.3 Å². The second-order valence-electron chi connectivity index (χ2n) is 11.7. The average molecular weight is 600 g/mol. The molecule has 13 heteroatoms. The Bertz CT molecular complexity index is 1540. The fourth-order valence-corrected chi connectivity index (χ4v) is 6.99. The minimum absolute atomic E-state index is 0.00935. The second kappa shape index (κ2) is 11.5. The Morgan fingerprint density at radius 3 is 2.48 bits per heavy atom. The highest BCUT2D eigenvalue weighted by Crippen LogP contribution is 2.37. The van der Waals surface area contributed by atoms with Crippen LogP contribution < -0.4 is 15.5 Å². The number of carbonyl (C=O) groups is 2. The van der Waals surface area contributed by atoms with E-state index in [9.17, 15) is 22.6 Å². The molecule has 0 radical (unpaired) electrons. The molecule has 0 bridgehead atoms. The first-order valence-electron chi connectivity index (χ1n) is 13.7. The summed E-state index contributed by atoms with van der Waals surface area (Å²) in [6.45, 7) is 5.13. The molecule has 3 aromatic rings. The lowest BCUT2D eigenvalue weighted by Crippen LogP contribution is -2.43. The van der Waals surface area contributed by atoms with Crippen molar-refractivity contribution in [1.82, 2.24) is 19.4 Å². The van der Waals surface area contributed by atoms with Crippen molar-refractivity contribution >= 4 is 40.0 Å². The minimum Gasteiger partial charge on any atom is -0.378 e. The molecule has 0 aliphatic carbocycles. The van der Waals surface area contributed by atoms with Crippen LogP contribution in [-0.2, 0) is 27.7 Å². The van der Waals surface area contributed by atoms with E-state index in [1.165, 1.54) is 0 Å². The number of halogens is 2. The number of aromatic nitrogens is 2. The number of amides is 2. The van der Waals surface area contributed by atoms with E-state index in [0.717, 1.165) is 49.0 Å². The lowest BCUT2D eigenvalue weighted by atomic mass is 9.84. The molecule has 0 saturated carbocycles. The van der Waals surface area contributed by atoms with Crippen LogP contribution in [0.3, 0.4) is 0 Å². The van der Waals surface area contributed by atoms with E-state index in [-0.39, 0.29) is 34.8 Å². The van der Waals surface area contributed by atoms with Gasteiger partial charge in [-0.3, -0.25) is 19.6 Å². The van der Waals surface area contributed by atoms with E-state index in [4.69, 9.17) is 0 Å². The molecule has 2 atom stereocenters. The summed E-state index contributed by atoms with van der Waals surface area (Å²) in [6, 6.07) is 7.76. The highest BCUT2D eigenvalue weighted by atomic mass is 32.2. The third kappa shape index (κ3) is 5.94. The number of fused-ring (bicyclic) bond motifs is 1. The van der Waals surface area contributed by atoms with Crippen molar-refractivity contribution in [3.8, 4) is 0 Å². The summed E-state index contributed by atoms with van der Waals surface area (Å²) < 4.78 is 42.7. The molecule has 1 aromatic heterocycles. The molecule has 224 valence electrons. The Morgan fingerprint density at radius 1 is 1.12 bits per heavy atom. The Balaban J connectivity index is 1.42. The molecule has 2 amide bonds. The SMILES string of the molecule is CN(C)c1ccc(C(=O)Nc2n[nH]c3c2CN(S(=O)c2cc(F)cc(F)c2)CC3(C)C)c(NC(=O)[C@@H]2CCCN2C)c1. The second-order valence-corrected chi connectivity index (χ2v) is 13.2. The van der Waals surface area contributed by atoms with Crippen molar-refractivity contribution in [3.05, 3.63) is 64.9 Å². The van der Waals surface area contributed by atoms with Gasteiger partial charge in [0.1, 0.15) is 22.6 Å². The zero-order valence-corrected chi connectivity index (χ0v) is 25.1. The maximum atomic E-state index is 13.9. The zero-order valence-electron chi connectivity index (χ0n) is 24.3. The molecule has 3 N–H and O–H groups in total. The summed E-state index contributed by atoms with van der Waals surface area (Å²) in [7, 11) is 3.79. The Kier molecular flexibility index (Phi) is 8.19. The fourth-order valence-electron chi connectivity index (χ4n) is 5.57. The van der Waals surface area contributed by atoms with Crippen LogP contribution >= 0.6 is 0 Å². The average Bonchev–Trinajstić information content (AvgIpc) is 3.53. The van der Waals surface area contributed by atoms with Gasteiger partial charge in [0.05, 0.1) is 22.2 Å². The van der Waals surface area contributed by atoms with Gasteiger partial charge in [0.2, 0.25) is 5.91 Å². The molecular weight excluding hydrogens is 564 g/mol. The van der Waals surface area contributed by atoms with E-state index < -0.39 is 33.9 Å². The summed E-state index contributed by atoms with van der Waals surface area (Å²) >= 11 is 0. The first kappa shape index (κ1) is 29.8. The minimum atomic E-state index is -1.86. The summed E-state index contributed by atoms with van der Waals surface area (Å²) in [5, 5.41) is 13.2. The number of H-pyrrole nitrogens is 1. The molecule has 10 nitrogen and oxygen atoms in total. The van der Waals surface area contributed by atoms with Gasteiger partial charge in [-0.1, -0.05) is 13.8 Å². The van der Waals surface area contributed by atoms with Crippen molar-refractivity contribution in [2.24, 2.45) is 0 Å². The molecule has 1 unspecified atom stereocenters. The van der Waals surface area contributed by atoms with Crippen LogP contribution in [-0.4, -0.2) is 75.7 Å². The van der Waals surface area contributed by atoms with Gasteiger partial charge in [-0.15, -0.1) is 0 Å². The first-order chi connectivity index (χ1) is 19.8. The van der Waals surface area contributed by atoms with Crippen molar-refractivity contribution in [2.75, 3.05) is 49.8 Å². The van der Waals surface area contributed by atoms with E-state index in [1.54, 1.807) is 22.5 Å². The van der Waals surface area contributed by atoms with Crippen LogP contribution in [0.2, 0.25) is 0 Å². The van der Waals surface area contributed by atoms with E-state index >= 15 is 0 Å². The molecule has 2 aromatic carbocycles. The summed E-state index contributed by atoms with van der Waals surface area (Å²) in [5.74, 6) is -2.03. The van der Waals surface area contributed by atoms with Gasteiger partial charge >= 0.3 is 0 Å². The summed E-state index contributed by atoms with van der Waals surface area (Å²) in [6.07, 6.45) is 1.67. The number of rotatable bonds is 7. The molecule has 42 heavy (non-hydrogen) atoms. The first-order valence-corrected chi connectivity index (χ1v) is 14.8. The quantitative estimate of drug-likeness (QED) is 0.380. The van der Waals surface area contributed by atoms with Gasteiger partial charge in [0.25, 0.3) is 5.91 Å². The van der Waals surface area contributed by atoms with Crippen LogP contribution in [0.25, 0.3) is 0 Å². The van der Waals surface area contributed by atoms with Crippen LogP contribution in [0.15, 0.2) is 41.3 Å².